The fourth-order valence-electron chi connectivity index (χ4n) is 13.0. The number of carbonyl (C=O) groups is 8. The standard InChI is InChI=1S/C22H24F2N2O2.C22H20N2O3.C20H17NO4.C20H18O4.C17H17FO4/c1-3-6-21(27)17-14-19(24)20(13-15(17)2)25-9-11-26(12-10-25)22(28)16-7-4-5-8-18(16)23;1-16-8-7-11-18(14-16)27-15-21(25)24-20-13-6-5-12-19(20)22(26)23-17-9-3-2-4-10-17;1-12-7-8-14(9-13(12)2)18(22)11-25-20(24)16-10-19(23)21-17-6-4-3-5-15(16)17;1-22-20-13-15(14-21)9-10-19(20)24-12-11-23-18-8-4-6-16-5-2-3-7-17(16)18;1-20-17-11-13(12-19)7-8-16(17)22-10-4-9-21-15-6-3-2-5-14(15)18/h4-5,7-8,13-14H,3,6,9-12H2,1-2H3;2-14H,15H2,1H3,(H,23,26)(H,24,25);3-10H,11H2,1-2H3,(H,21,23);2-10,13-14H,11-12H2,1H3;2-3,5-8,11-12H,4,9-10H2,1H3. The second-order valence-electron chi connectivity index (χ2n) is 28.7. The molecular formula is C101H96F3N5O17. The number of aryl methyl sites for hydroxylation is 4. The third-order valence-corrected chi connectivity index (χ3v) is 19.7. The molecule has 12 aromatic carbocycles. The van der Waals surface area contributed by atoms with Crippen LogP contribution in [0.1, 0.15) is 121 Å². The summed E-state index contributed by atoms with van der Waals surface area (Å²) in [5.74, 6) is 0.500. The number of pyridine rings is 1. The molecule has 0 unspecified atom stereocenters. The number of halogens is 3. The van der Waals surface area contributed by atoms with Gasteiger partial charge in [-0.2, -0.15) is 0 Å². The van der Waals surface area contributed by atoms with Crippen molar-refractivity contribution in [1.29, 1.82) is 0 Å². The van der Waals surface area contributed by atoms with Crippen molar-refractivity contribution >= 4 is 86.6 Å². The Bertz CT molecular complexity index is 6010. The Morgan fingerprint density at radius 2 is 1.04 bits per heavy atom. The number of piperazine rings is 1. The first kappa shape index (κ1) is 93.1. The second kappa shape index (κ2) is 47.3. The molecule has 13 aromatic rings. The SMILES string of the molecule is CCCC(=O)c1cc(F)c(N2CCN(C(=O)c3ccccc3F)CC2)cc1C.COc1cc(C=O)ccc1OCCCOc1ccccc1F.COc1cc(C=O)ccc1OCCOc1cccc2ccccc12.Cc1ccc(C(=O)COC(=O)c2cc(=O)[nH]c3ccccc23)cc1C.Cc1cccc(OCC(=O)Nc2ccccc2C(=O)Nc2ccccc2)c1. The first-order valence-corrected chi connectivity index (χ1v) is 40.5. The summed E-state index contributed by atoms with van der Waals surface area (Å²) in [6.07, 6.45) is 3.23. The van der Waals surface area contributed by atoms with Gasteiger partial charge in [-0.3, -0.25) is 38.4 Å². The van der Waals surface area contributed by atoms with Crippen molar-refractivity contribution < 1.29 is 89.4 Å². The van der Waals surface area contributed by atoms with Crippen molar-refractivity contribution in [3.8, 4) is 40.2 Å². The minimum Gasteiger partial charge on any atom is -0.493 e. The Balaban J connectivity index is 0.000000165. The zero-order valence-electron chi connectivity index (χ0n) is 70.7. The highest BCUT2D eigenvalue weighted by atomic mass is 19.1. The number of aromatic nitrogens is 1. The van der Waals surface area contributed by atoms with Crippen LogP contribution in [0.3, 0.4) is 0 Å². The number of esters is 1. The molecule has 3 amide bonds. The molecule has 0 bridgehead atoms. The molecule has 1 aromatic heterocycles. The molecule has 0 radical (unpaired) electrons. The average Bonchev–Trinajstić information content (AvgIpc) is 0.799. The number of hydrogen-bond acceptors (Lipinski definition) is 18. The first-order chi connectivity index (χ1) is 61.0. The maximum Gasteiger partial charge on any atom is 0.339 e. The van der Waals surface area contributed by atoms with Crippen LogP contribution in [0.15, 0.2) is 272 Å². The molecule has 1 aliphatic heterocycles. The number of para-hydroxylation sites is 4. The van der Waals surface area contributed by atoms with Crippen molar-refractivity contribution in [2.45, 2.75) is 53.9 Å². The van der Waals surface area contributed by atoms with Gasteiger partial charge < -0.3 is 63.3 Å². The number of ketones is 2. The number of amides is 3. The molecule has 25 heteroatoms. The van der Waals surface area contributed by atoms with E-state index in [-0.39, 0.29) is 65.2 Å². The topological polar surface area (TPSA) is 274 Å². The summed E-state index contributed by atoms with van der Waals surface area (Å²) in [6.45, 7) is 12.2. The number of nitrogens with zero attached hydrogens (tertiary/aromatic N) is 2. The minimum absolute atomic E-state index is 0.0502. The molecule has 22 nitrogen and oxygen atoms in total. The van der Waals surface area contributed by atoms with Crippen LogP contribution in [-0.2, 0) is 9.53 Å². The summed E-state index contributed by atoms with van der Waals surface area (Å²) in [4.78, 5) is 113. The van der Waals surface area contributed by atoms with Crippen LogP contribution in [0.2, 0.25) is 0 Å². The molecule has 0 atom stereocenters. The molecule has 1 saturated heterocycles. The van der Waals surface area contributed by atoms with Gasteiger partial charge in [0.2, 0.25) is 5.56 Å². The average molecular weight is 1710 g/mol. The van der Waals surface area contributed by atoms with Crippen molar-refractivity contribution in [3.05, 3.63) is 356 Å². The fourth-order valence-corrected chi connectivity index (χ4v) is 13.0. The predicted molar refractivity (Wildman–Crippen MR) is 480 cm³/mol. The van der Waals surface area contributed by atoms with E-state index >= 15 is 0 Å². The van der Waals surface area contributed by atoms with E-state index in [2.05, 4.69) is 27.8 Å². The fraction of sp³-hybridized carbons (Fsp3) is 0.198. The van der Waals surface area contributed by atoms with Crippen LogP contribution in [0.25, 0.3) is 21.7 Å². The summed E-state index contributed by atoms with van der Waals surface area (Å²) in [5.41, 5.74) is 8.15. The molecule has 2 heterocycles. The van der Waals surface area contributed by atoms with Gasteiger partial charge in [-0.25, -0.2) is 18.0 Å². The van der Waals surface area contributed by atoms with Crippen molar-refractivity contribution in [1.82, 2.24) is 9.88 Å². The van der Waals surface area contributed by atoms with Crippen LogP contribution in [0.5, 0.6) is 40.2 Å². The highest BCUT2D eigenvalue weighted by molar-refractivity contribution is 6.10. The number of methoxy groups -OCH3 is 2. The largest absolute Gasteiger partial charge is 0.493 e. The van der Waals surface area contributed by atoms with Crippen molar-refractivity contribution in [2.75, 3.05) is 95.6 Å². The van der Waals surface area contributed by atoms with Crippen LogP contribution in [-0.4, -0.2) is 138 Å². The number of H-pyrrole nitrogens is 1. The number of ether oxygens (including phenoxy) is 8. The number of hydrogen-bond donors (Lipinski definition) is 3. The van der Waals surface area contributed by atoms with Gasteiger partial charge in [0.15, 0.2) is 59.3 Å². The summed E-state index contributed by atoms with van der Waals surface area (Å²) in [6, 6.07) is 76.2. The van der Waals surface area contributed by atoms with Gasteiger partial charge in [-0.15, -0.1) is 0 Å². The van der Waals surface area contributed by atoms with Gasteiger partial charge in [0.05, 0.1) is 55.5 Å². The maximum atomic E-state index is 14.7. The zero-order chi connectivity index (χ0) is 89.9. The number of rotatable bonds is 30. The number of aldehydes is 2. The maximum absolute atomic E-state index is 14.7. The van der Waals surface area contributed by atoms with Crippen molar-refractivity contribution in [3.63, 3.8) is 0 Å². The molecule has 648 valence electrons. The van der Waals surface area contributed by atoms with E-state index in [4.69, 9.17) is 37.9 Å². The van der Waals surface area contributed by atoms with Crippen LogP contribution >= 0.6 is 0 Å². The van der Waals surface area contributed by atoms with Gasteiger partial charge in [0.25, 0.3) is 17.7 Å². The number of carbonyl (C=O) groups excluding carboxylic acids is 8. The molecule has 126 heavy (non-hydrogen) atoms. The van der Waals surface area contributed by atoms with Gasteiger partial charge in [0.1, 0.15) is 48.9 Å². The quantitative estimate of drug-likeness (QED) is 0.0163. The highest BCUT2D eigenvalue weighted by Gasteiger charge is 2.27. The smallest absolute Gasteiger partial charge is 0.339 e. The summed E-state index contributed by atoms with van der Waals surface area (Å²) < 4.78 is 85.3. The molecule has 3 N–H and O–H groups in total. The number of anilines is 3. The third-order valence-electron chi connectivity index (χ3n) is 19.7. The lowest BCUT2D eigenvalue weighted by Gasteiger charge is -2.36. The predicted octanol–water partition coefficient (Wildman–Crippen LogP) is 19.3. The molecule has 14 rings (SSSR count). The lowest BCUT2D eigenvalue weighted by atomic mass is 10.00. The lowest BCUT2D eigenvalue weighted by molar-refractivity contribution is -0.118. The van der Waals surface area contributed by atoms with Crippen LogP contribution in [0, 0.1) is 45.1 Å². The molecule has 0 aliphatic carbocycles. The lowest BCUT2D eigenvalue weighted by Crippen LogP contribution is -2.49. The van der Waals surface area contributed by atoms with E-state index in [0.717, 1.165) is 57.8 Å². The van der Waals surface area contributed by atoms with Crippen LogP contribution < -0.4 is 54.3 Å². The summed E-state index contributed by atoms with van der Waals surface area (Å²) in [5, 5.41) is 8.34. The van der Waals surface area contributed by atoms with E-state index in [0.29, 0.717) is 150 Å². The van der Waals surface area contributed by atoms with Gasteiger partial charge in [-0.05, 0) is 189 Å². The Kier molecular flexibility index (Phi) is 35.0. The Labute approximate surface area is 727 Å². The number of aromatic amines is 1. The normalized spacial score (nSPS) is 11.2. The number of fused-ring (bicyclic) bond motifs is 2. The van der Waals surface area contributed by atoms with E-state index in [1.165, 1.54) is 37.4 Å². The molecular weight excluding hydrogens is 1610 g/mol. The van der Waals surface area contributed by atoms with Gasteiger partial charge >= 0.3 is 5.97 Å². The van der Waals surface area contributed by atoms with E-state index in [1.807, 2.05) is 112 Å². The molecule has 0 saturated carbocycles. The Hall–Kier alpha value is -15.1. The van der Waals surface area contributed by atoms with Gasteiger partial charge in [0, 0.05) is 89.3 Å². The molecule has 1 fully saturated rings. The number of nitrogens with one attached hydrogen (secondary N) is 3. The summed E-state index contributed by atoms with van der Waals surface area (Å²) >= 11 is 0. The number of Topliss-reactive ketones (excluding diaryl/α,β-unsaturated/α-hetero) is 2. The van der Waals surface area contributed by atoms with Gasteiger partial charge in [-0.1, -0.05) is 140 Å². The number of benzene rings is 12. The van der Waals surface area contributed by atoms with Crippen LogP contribution in [0.4, 0.5) is 30.2 Å². The highest BCUT2D eigenvalue weighted by Crippen LogP contribution is 2.32. The minimum atomic E-state index is -0.695. The molecule has 0 spiro atoms. The Morgan fingerprint density at radius 3 is 1.70 bits per heavy atom. The Morgan fingerprint density at radius 1 is 0.452 bits per heavy atom. The van der Waals surface area contributed by atoms with E-state index < -0.39 is 23.2 Å². The second-order valence-corrected chi connectivity index (χ2v) is 28.7. The third kappa shape index (κ3) is 26.9. The first-order valence-electron chi connectivity index (χ1n) is 40.5. The van der Waals surface area contributed by atoms with E-state index in [1.54, 1.807) is 164 Å². The summed E-state index contributed by atoms with van der Waals surface area (Å²) in [7, 11) is 3.06. The zero-order valence-corrected chi connectivity index (χ0v) is 70.7. The molecule has 1 aliphatic rings. The van der Waals surface area contributed by atoms with Crippen molar-refractivity contribution in [2.24, 2.45) is 0 Å². The van der Waals surface area contributed by atoms with E-state index in [9.17, 15) is 56.3 Å². The monoisotopic (exact) mass is 1710 g/mol.